The average molecular weight is 284 g/mol. The number of hydrogen-bond donors (Lipinski definition) is 1. The van der Waals surface area contributed by atoms with Gasteiger partial charge < -0.3 is 5.73 Å². The standard InChI is InChI=1S/C16H20N4O/c17-10-12-6-8-13(9-7-12)16(21)15-11-18-19-20(15)14-4-2-1-3-5-14/h1-5,11-13H,6-10,17H2. The highest BCUT2D eigenvalue weighted by atomic mass is 16.1. The van der Waals surface area contributed by atoms with Crippen LogP contribution in [0.3, 0.4) is 0 Å². The molecule has 5 heteroatoms. The number of carbonyl (C=O) groups is 1. The van der Waals surface area contributed by atoms with Crippen molar-refractivity contribution in [3.8, 4) is 5.69 Å². The van der Waals surface area contributed by atoms with Gasteiger partial charge in [-0.3, -0.25) is 4.79 Å². The third-order valence-corrected chi connectivity index (χ3v) is 4.35. The number of nitrogens with two attached hydrogens (primary N) is 1. The van der Waals surface area contributed by atoms with Crippen LogP contribution in [0.5, 0.6) is 0 Å². The Labute approximate surface area is 124 Å². The van der Waals surface area contributed by atoms with E-state index in [1.165, 1.54) is 0 Å². The highest BCUT2D eigenvalue weighted by Gasteiger charge is 2.28. The molecule has 3 rings (SSSR count). The van der Waals surface area contributed by atoms with Gasteiger partial charge in [0.2, 0.25) is 0 Å². The zero-order chi connectivity index (χ0) is 14.7. The zero-order valence-electron chi connectivity index (χ0n) is 12.0. The molecular weight excluding hydrogens is 264 g/mol. The summed E-state index contributed by atoms with van der Waals surface area (Å²) < 4.78 is 1.64. The van der Waals surface area contributed by atoms with Crippen LogP contribution in [-0.2, 0) is 0 Å². The lowest BCUT2D eigenvalue weighted by Gasteiger charge is -2.26. The molecule has 1 saturated carbocycles. The number of aromatic nitrogens is 3. The Morgan fingerprint density at radius 2 is 1.90 bits per heavy atom. The van der Waals surface area contributed by atoms with Crippen LogP contribution in [-0.4, -0.2) is 27.3 Å². The first-order valence-corrected chi connectivity index (χ1v) is 7.50. The van der Waals surface area contributed by atoms with Gasteiger partial charge in [0.15, 0.2) is 5.78 Å². The molecule has 0 bridgehead atoms. The number of nitrogens with zero attached hydrogens (tertiary/aromatic N) is 3. The van der Waals surface area contributed by atoms with Crippen LogP contribution in [0.2, 0.25) is 0 Å². The maximum Gasteiger partial charge on any atom is 0.186 e. The normalized spacial score (nSPS) is 22.1. The van der Waals surface area contributed by atoms with E-state index >= 15 is 0 Å². The van der Waals surface area contributed by atoms with Crippen molar-refractivity contribution in [3.63, 3.8) is 0 Å². The molecule has 0 atom stereocenters. The molecule has 0 aliphatic heterocycles. The molecule has 2 aromatic rings. The number of benzene rings is 1. The summed E-state index contributed by atoms with van der Waals surface area (Å²) in [7, 11) is 0. The number of carbonyl (C=O) groups excluding carboxylic acids is 1. The van der Waals surface area contributed by atoms with Crippen LogP contribution in [0, 0.1) is 11.8 Å². The molecule has 1 aliphatic carbocycles. The third-order valence-electron chi connectivity index (χ3n) is 4.35. The Kier molecular flexibility index (Phi) is 4.10. The third kappa shape index (κ3) is 2.88. The first-order valence-electron chi connectivity index (χ1n) is 7.50. The Bertz CT molecular complexity index is 600. The highest BCUT2D eigenvalue weighted by molar-refractivity contribution is 5.96. The molecule has 2 N–H and O–H groups in total. The van der Waals surface area contributed by atoms with Gasteiger partial charge in [0.05, 0.1) is 11.9 Å². The zero-order valence-corrected chi connectivity index (χ0v) is 12.0. The summed E-state index contributed by atoms with van der Waals surface area (Å²) in [6.07, 6.45) is 5.49. The molecule has 1 aromatic heterocycles. The van der Waals surface area contributed by atoms with Crippen molar-refractivity contribution in [1.29, 1.82) is 0 Å². The number of ketones is 1. The van der Waals surface area contributed by atoms with Crippen LogP contribution in [0.4, 0.5) is 0 Å². The second-order valence-corrected chi connectivity index (χ2v) is 5.68. The maximum absolute atomic E-state index is 12.7. The molecule has 21 heavy (non-hydrogen) atoms. The van der Waals surface area contributed by atoms with E-state index < -0.39 is 0 Å². The number of rotatable bonds is 4. The Morgan fingerprint density at radius 1 is 1.19 bits per heavy atom. The number of hydrogen-bond acceptors (Lipinski definition) is 4. The van der Waals surface area contributed by atoms with E-state index in [2.05, 4.69) is 10.3 Å². The van der Waals surface area contributed by atoms with Crippen LogP contribution < -0.4 is 5.73 Å². The van der Waals surface area contributed by atoms with Gasteiger partial charge in [-0.1, -0.05) is 23.4 Å². The fourth-order valence-electron chi connectivity index (χ4n) is 3.03. The van der Waals surface area contributed by atoms with Crippen LogP contribution in [0.15, 0.2) is 36.5 Å². The summed E-state index contributed by atoms with van der Waals surface area (Å²) >= 11 is 0. The van der Waals surface area contributed by atoms with Crippen molar-refractivity contribution in [1.82, 2.24) is 15.0 Å². The molecule has 5 nitrogen and oxygen atoms in total. The summed E-state index contributed by atoms with van der Waals surface area (Å²) in [6.45, 7) is 0.727. The topological polar surface area (TPSA) is 73.8 Å². The van der Waals surface area contributed by atoms with Gasteiger partial charge in [-0.05, 0) is 50.3 Å². The van der Waals surface area contributed by atoms with Crippen molar-refractivity contribution in [3.05, 3.63) is 42.2 Å². The quantitative estimate of drug-likeness (QED) is 0.874. The molecular formula is C16H20N4O. The highest BCUT2D eigenvalue weighted by Crippen LogP contribution is 2.30. The Morgan fingerprint density at radius 3 is 2.57 bits per heavy atom. The fourth-order valence-corrected chi connectivity index (χ4v) is 3.03. The van der Waals surface area contributed by atoms with Crippen molar-refractivity contribution in [2.45, 2.75) is 25.7 Å². The van der Waals surface area contributed by atoms with Crippen molar-refractivity contribution < 1.29 is 4.79 Å². The molecule has 1 aliphatic rings. The lowest BCUT2D eigenvalue weighted by Crippen LogP contribution is -2.27. The van der Waals surface area contributed by atoms with Gasteiger partial charge in [0.1, 0.15) is 5.69 Å². The van der Waals surface area contributed by atoms with E-state index in [1.54, 1.807) is 10.9 Å². The van der Waals surface area contributed by atoms with Crippen LogP contribution in [0.25, 0.3) is 5.69 Å². The van der Waals surface area contributed by atoms with Crippen LogP contribution >= 0.6 is 0 Å². The van der Waals surface area contributed by atoms with Gasteiger partial charge in [0, 0.05) is 5.92 Å². The predicted molar refractivity (Wildman–Crippen MR) is 80.2 cm³/mol. The molecule has 0 unspecified atom stereocenters. The number of Topliss-reactive ketones (excluding diaryl/α,β-unsaturated/α-hetero) is 1. The lowest BCUT2D eigenvalue weighted by molar-refractivity contribution is 0.0865. The summed E-state index contributed by atoms with van der Waals surface area (Å²) in [5, 5.41) is 7.98. The number of para-hydroxylation sites is 1. The second kappa shape index (κ2) is 6.18. The largest absolute Gasteiger partial charge is 0.330 e. The molecule has 0 amide bonds. The van der Waals surface area contributed by atoms with Gasteiger partial charge in [0.25, 0.3) is 0 Å². The molecule has 1 fully saturated rings. The molecule has 0 radical (unpaired) electrons. The van der Waals surface area contributed by atoms with Crippen molar-refractivity contribution >= 4 is 5.78 Å². The van der Waals surface area contributed by atoms with Crippen molar-refractivity contribution in [2.75, 3.05) is 6.54 Å². The molecule has 110 valence electrons. The SMILES string of the molecule is NCC1CCC(C(=O)c2cnnn2-c2ccccc2)CC1. The second-order valence-electron chi connectivity index (χ2n) is 5.68. The first kappa shape index (κ1) is 13.9. The maximum atomic E-state index is 12.7. The van der Waals surface area contributed by atoms with E-state index in [4.69, 9.17) is 5.73 Å². The van der Waals surface area contributed by atoms with E-state index in [9.17, 15) is 4.79 Å². The summed E-state index contributed by atoms with van der Waals surface area (Å²) in [5.74, 6) is 0.805. The molecule has 0 spiro atoms. The Balaban J connectivity index is 1.79. The summed E-state index contributed by atoms with van der Waals surface area (Å²) in [6, 6.07) is 9.65. The smallest absolute Gasteiger partial charge is 0.186 e. The molecule has 1 heterocycles. The van der Waals surface area contributed by atoms with E-state index in [0.717, 1.165) is 37.9 Å². The van der Waals surface area contributed by atoms with E-state index in [-0.39, 0.29) is 11.7 Å². The fraction of sp³-hybridized carbons (Fsp3) is 0.438. The summed E-state index contributed by atoms with van der Waals surface area (Å²) in [5.41, 5.74) is 7.16. The van der Waals surface area contributed by atoms with Crippen LogP contribution in [0.1, 0.15) is 36.2 Å². The Hall–Kier alpha value is -2.01. The molecule has 0 saturated heterocycles. The molecule has 1 aromatic carbocycles. The van der Waals surface area contributed by atoms with Gasteiger partial charge >= 0.3 is 0 Å². The first-order chi connectivity index (χ1) is 10.3. The lowest BCUT2D eigenvalue weighted by atomic mass is 9.79. The van der Waals surface area contributed by atoms with Gasteiger partial charge in [-0.15, -0.1) is 5.10 Å². The minimum Gasteiger partial charge on any atom is -0.330 e. The van der Waals surface area contributed by atoms with Crippen molar-refractivity contribution in [2.24, 2.45) is 17.6 Å². The van der Waals surface area contributed by atoms with Gasteiger partial charge in [-0.2, -0.15) is 0 Å². The average Bonchev–Trinajstić information content (AvgIpc) is 3.04. The predicted octanol–water partition coefficient (Wildman–Crippen LogP) is 2.22. The van der Waals surface area contributed by atoms with Gasteiger partial charge in [-0.25, -0.2) is 4.68 Å². The van der Waals surface area contributed by atoms with E-state index in [0.29, 0.717) is 11.6 Å². The minimum atomic E-state index is 0.0776. The monoisotopic (exact) mass is 284 g/mol. The minimum absolute atomic E-state index is 0.0776. The summed E-state index contributed by atoms with van der Waals surface area (Å²) in [4.78, 5) is 12.7. The van der Waals surface area contributed by atoms with E-state index in [1.807, 2.05) is 30.3 Å².